The molecule has 0 atom stereocenters. The molecule has 0 amide bonds. The molecule has 0 saturated heterocycles. The zero-order chi connectivity index (χ0) is 20.0. The fourth-order valence-corrected chi connectivity index (χ4v) is 5.04. The SMILES string of the molecule is Cc1ccc(C2(c3ccc(C)c(C)c3)CCCCCCCCCCC2)cc1C. The lowest BCUT2D eigenvalue weighted by Gasteiger charge is -2.37. The summed E-state index contributed by atoms with van der Waals surface area (Å²) in [4.78, 5) is 0. The first kappa shape index (κ1) is 21.2. The molecule has 1 fully saturated rings. The summed E-state index contributed by atoms with van der Waals surface area (Å²) in [6.45, 7) is 9.04. The van der Waals surface area contributed by atoms with Crippen molar-refractivity contribution in [3.8, 4) is 0 Å². The highest BCUT2D eigenvalue weighted by Crippen LogP contribution is 2.43. The molecular formula is C28H40. The first-order valence-electron chi connectivity index (χ1n) is 11.7. The van der Waals surface area contributed by atoms with E-state index in [4.69, 9.17) is 0 Å². The summed E-state index contributed by atoms with van der Waals surface area (Å²) in [5.74, 6) is 0. The Kier molecular flexibility index (Phi) is 7.38. The van der Waals surface area contributed by atoms with Gasteiger partial charge in [0.2, 0.25) is 0 Å². The maximum absolute atomic E-state index is 2.50. The van der Waals surface area contributed by atoms with Crippen molar-refractivity contribution in [2.24, 2.45) is 0 Å². The van der Waals surface area contributed by atoms with Gasteiger partial charge in [0.1, 0.15) is 0 Å². The van der Waals surface area contributed by atoms with Crippen LogP contribution in [0.25, 0.3) is 0 Å². The van der Waals surface area contributed by atoms with Gasteiger partial charge in [-0.15, -0.1) is 0 Å². The number of rotatable bonds is 2. The fourth-order valence-electron chi connectivity index (χ4n) is 5.04. The van der Waals surface area contributed by atoms with Crippen molar-refractivity contribution in [2.75, 3.05) is 0 Å². The molecule has 0 aromatic heterocycles. The third-order valence-electron chi connectivity index (χ3n) is 7.33. The van der Waals surface area contributed by atoms with E-state index >= 15 is 0 Å². The van der Waals surface area contributed by atoms with E-state index in [9.17, 15) is 0 Å². The highest BCUT2D eigenvalue weighted by molar-refractivity contribution is 5.45. The predicted octanol–water partition coefficient (Wildman–Crippen LogP) is 8.51. The van der Waals surface area contributed by atoms with Gasteiger partial charge in [-0.2, -0.15) is 0 Å². The van der Waals surface area contributed by atoms with Crippen molar-refractivity contribution in [2.45, 2.75) is 104 Å². The predicted molar refractivity (Wildman–Crippen MR) is 123 cm³/mol. The minimum atomic E-state index is 0.177. The molecule has 152 valence electrons. The third kappa shape index (κ3) is 4.88. The van der Waals surface area contributed by atoms with Crippen LogP contribution in [0, 0.1) is 27.7 Å². The average molecular weight is 377 g/mol. The van der Waals surface area contributed by atoms with Crippen molar-refractivity contribution in [3.63, 3.8) is 0 Å². The van der Waals surface area contributed by atoms with E-state index < -0.39 is 0 Å². The number of aryl methyl sites for hydroxylation is 4. The molecule has 1 aliphatic carbocycles. The van der Waals surface area contributed by atoms with Crippen LogP contribution in [0.3, 0.4) is 0 Å². The molecule has 1 saturated carbocycles. The van der Waals surface area contributed by atoms with Crippen molar-refractivity contribution in [3.05, 3.63) is 69.8 Å². The molecular weight excluding hydrogens is 336 g/mol. The van der Waals surface area contributed by atoms with Gasteiger partial charge in [0, 0.05) is 5.41 Å². The minimum Gasteiger partial charge on any atom is -0.0588 e. The van der Waals surface area contributed by atoms with Crippen LogP contribution in [-0.4, -0.2) is 0 Å². The monoisotopic (exact) mass is 376 g/mol. The third-order valence-corrected chi connectivity index (χ3v) is 7.33. The van der Waals surface area contributed by atoms with Gasteiger partial charge in [0.25, 0.3) is 0 Å². The van der Waals surface area contributed by atoms with E-state index in [1.165, 1.54) is 92.9 Å². The second-order valence-electron chi connectivity index (χ2n) is 9.36. The van der Waals surface area contributed by atoms with E-state index in [1.807, 2.05) is 0 Å². The average Bonchev–Trinajstić information content (AvgIpc) is 2.67. The van der Waals surface area contributed by atoms with Gasteiger partial charge >= 0.3 is 0 Å². The molecule has 1 aliphatic rings. The van der Waals surface area contributed by atoms with Gasteiger partial charge in [0.05, 0.1) is 0 Å². The Morgan fingerprint density at radius 1 is 0.464 bits per heavy atom. The first-order chi connectivity index (χ1) is 13.5. The molecule has 0 radical (unpaired) electrons. The molecule has 0 N–H and O–H groups in total. The highest BCUT2D eigenvalue weighted by Gasteiger charge is 2.34. The van der Waals surface area contributed by atoms with Crippen LogP contribution in [0.2, 0.25) is 0 Å². The van der Waals surface area contributed by atoms with E-state index in [0.717, 1.165) is 0 Å². The summed E-state index contributed by atoms with van der Waals surface area (Å²) in [6.07, 6.45) is 15.2. The zero-order valence-electron chi connectivity index (χ0n) is 18.7. The van der Waals surface area contributed by atoms with Gasteiger partial charge < -0.3 is 0 Å². The first-order valence-corrected chi connectivity index (χ1v) is 11.7. The van der Waals surface area contributed by atoms with Crippen LogP contribution in [0.4, 0.5) is 0 Å². The molecule has 0 nitrogen and oxygen atoms in total. The van der Waals surface area contributed by atoms with E-state index in [2.05, 4.69) is 64.1 Å². The Morgan fingerprint density at radius 2 is 0.821 bits per heavy atom. The van der Waals surface area contributed by atoms with Crippen molar-refractivity contribution < 1.29 is 0 Å². The van der Waals surface area contributed by atoms with Crippen molar-refractivity contribution in [1.82, 2.24) is 0 Å². The Labute approximate surface area is 173 Å². The van der Waals surface area contributed by atoms with Crippen LogP contribution < -0.4 is 0 Å². The van der Waals surface area contributed by atoms with Gasteiger partial charge in [0.15, 0.2) is 0 Å². The smallest absolute Gasteiger partial charge is 0.0203 e. The number of hydrogen-bond donors (Lipinski definition) is 0. The largest absolute Gasteiger partial charge is 0.0588 e. The molecule has 3 rings (SSSR count). The molecule has 0 unspecified atom stereocenters. The Hall–Kier alpha value is -1.56. The Morgan fingerprint density at radius 3 is 1.18 bits per heavy atom. The second-order valence-corrected chi connectivity index (χ2v) is 9.36. The van der Waals surface area contributed by atoms with Crippen LogP contribution in [0.5, 0.6) is 0 Å². The molecule has 28 heavy (non-hydrogen) atoms. The quantitative estimate of drug-likeness (QED) is 0.492. The van der Waals surface area contributed by atoms with E-state index in [-0.39, 0.29) is 5.41 Å². The lowest BCUT2D eigenvalue weighted by molar-refractivity contribution is 0.382. The lowest BCUT2D eigenvalue weighted by atomic mass is 9.67. The van der Waals surface area contributed by atoms with Crippen molar-refractivity contribution >= 4 is 0 Å². The highest BCUT2D eigenvalue weighted by atomic mass is 14.4. The van der Waals surface area contributed by atoms with Crippen molar-refractivity contribution in [1.29, 1.82) is 0 Å². The second kappa shape index (κ2) is 9.77. The minimum absolute atomic E-state index is 0.177. The zero-order valence-corrected chi connectivity index (χ0v) is 18.7. The van der Waals surface area contributed by atoms with Gasteiger partial charge in [-0.05, 0) is 73.9 Å². The summed E-state index contributed by atoms with van der Waals surface area (Å²) >= 11 is 0. The molecule has 0 heterocycles. The normalized spacial score (nSPS) is 18.9. The summed E-state index contributed by atoms with van der Waals surface area (Å²) in [6, 6.07) is 14.6. The summed E-state index contributed by atoms with van der Waals surface area (Å²) < 4.78 is 0. The standard InChI is InChI=1S/C28H40/c1-22-14-16-26(20-24(22)3)28(27-17-15-23(2)25(4)21-27)18-12-10-8-6-5-7-9-11-13-19-28/h14-17,20-21H,5-13,18-19H2,1-4H3. The van der Waals surface area contributed by atoms with E-state index in [1.54, 1.807) is 11.1 Å². The molecule has 0 bridgehead atoms. The summed E-state index contributed by atoms with van der Waals surface area (Å²) in [5.41, 5.74) is 8.97. The summed E-state index contributed by atoms with van der Waals surface area (Å²) in [5, 5.41) is 0. The van der Waals surface area contributed by atoms with Gasteiger partial charge in [-0.25, -0.2) is 0 Å². The molecule has 2 aromatic rings. The Balaban J connectivity index is 2.06. The molecule has 0 spiro atoms. The maximum atomic E-state index is 2.50. The van der Waals surface area contributed by atoms with Crippen LogP contribution >= 0.6 is 0 Å². The number of hydrogen-bond acceptors (Lipinski definition) is 0. The molecule has 2 aromatic carbocycles. The lowest BCUT2D eigenvalue weighted by Crippen LogP contribution is -2.28. The molecule has 0 aliphatic heterocycles. The topological polar surface area (TPSA) is 0 Å². The van der Waals surface area contributed by atoms with Crippen LogP contribution in [0.15, 0.2) is 36.4 Å². The number of benzene rings is 2. The summed E-state index contributed by atoms with van der Waals surface area (Å²) in [7, 11) is 0. The van der Waals surface area contributed by atoms with E-state index in [0.29, 0.717) is 0 Å². The molecule has 0 heteroatoms. The van der Waals surface area contributed by atoms with Crippen LogP contribution in [0.1, 0.15) is 104 Å². The van der Waals surface area contributed by atoms with Gasteiger partial charge in [-0.1, -0.05) is 94.2 Å². The maximum Gasteiger partial charge on any atom is 0.0203 e. The van der Waals surface area contributed by atoms with Gasteiger partial charge in [-0.3, -0.25) is 0 Å². The fraction of sp³-hybridized carbons (Fsp3) is 0.571. The Bertz CT molecular complexity index is 702. The van der Waals surface area contributed by atoms with Crippen LogP contribution in [-0.2, 0) is 5.41 Å².